The molecule has 0 saturated heterocycles. The predicted octanol–water partition coefficient (Wildman–Crippen LogP) is 7.74. The molecule has 0 aromatic heterocycles. The van der Waals surface area contributed by atoms with Gasteiger partial charge in [-0.15, -0.1) is 0 Å². The largest absolute Gasteiger partial charge is 0.0619 e. The molecule has 33 heavy (non-hydrogen) atoms. The Hall–Kier alpha value is -2.24. The second kappa shape index (κ2) is 9.19. The van der Waals surface area contributed by atoms with Crippen LogP contribution in [0.25, 0.3) is 22.3 Å². The fourth-order valence-electron chi connectivity index (χ4n) is 6.18. The van der Waals surface area contributed by atoms with Gasteiger partial charge in [0, 0.05) is 26.2 Å². The van der Waals surface area contributed by atoms with E-state index in [9.17, 15) is 0 Å². The molecule has 1 heteroatoms. The summed E-state index contributed by atoms with van der Waals surface area (Å²) in [5, 5.41) is 0. The number of benzene rings is 4. The molecule has 0 unspecified atom stereocenters. The van der Waals surface area contributed by atoms with Crippen LogP contribution >= 0.6 is 0 Å². The summed E-state index contributed by atoms with van der Waals surface area (Å²) < 4.78 is 0. The first kappa shape index (κ1) is 22.6. The predicted molar refractivity (Wildman–Crippen MR) is 136 cm³/mol. The zero-order chi connectivity index (χ0) is 21.7. The Bertz CT molecular complexity index is 1240. The van der Waals surface area contributed by atoms with Crippen LogP contribution in [0.15, 0.2) is 72.8 Å². The number of hydrogen-bond acceptors (Lipinski definition) is 0. The van der Waals surface area contributed by atoms with Gasteiger partial charge in [-0.3, -0.25) is 0 Å². The Labute approximate surface area is 217 Å². The summed E-state index contributed by atoms with van der Waals surface area (Å²) in [7, 11) is 0. The van der Waals surface area contributed by atoms with Crippen LogP contribution in [0.1, 0.15) is 58.4 Å². The van der Waals surface area contributed by atoms with Crippen LogP contribution in [0.5, 0.6) is 0 Å². The molecule has 0 bridgehead atoms. The fourth-order valence-corrected chi connectivity index (χ4v) is 6.18. The second-order valence-corrected chi connectivity index (χ2v) is 9.33. The second-order valence-electron chi connectivity index (χ2n) is 9.33. The van der Waals surface area contributed by atoms with Crippen molar-refractivity contribution in [2.24, 2.45) is 0 Å². The smallest absolute Gasteiger partial charge is 0 e. The first-order valence-corrected chi connectivity index (χ1v) is 12.2. The molecule has 162 valence electrons. The standard InChI is InChI=1S/C32H30.Zr/c1-3-21-13-15-29-25-11-7-5-9-23(25)19-31(29)27(21)17-18-28-22(4-2)14-16-30-26-12-8-6-10-24(26)20-32(28)30;/h5-16H,3-4,17-20H2,1-2H3;. The van der Waals surface area contributed by atoms with E-state index in [1.165, 1.54) is 44.5 Å². The van der Waals surface area contributed by atoms with Crippen LogP contribution in [0.2, 0.25) is 0 Å². The first-order chi connectivity index (χ1) is 15.8. The Morgan fingerprint density at radius 1 is 0.515 bits per heavy atom. The van der Waals surface area contributed by atoms with Crippen molar-refractivity contribution in [3.05, 3.63) is 117 Å². The fraction of sp³-hybridized carbons (Fsp3) is 0.250. The van der Waals surface area contributed by atoms with Gasteiger partial charge in [0.1, 0.15) is 0 Å². The van der Waals surface area contributed by atoms with Crippen molar-refractivity contribution in [2.45, 2.75) is 52.4 Å². The van der Waals surface area contributed by atoms with E-state index in [-0.39, 0.29) is 26.2 Å². The quantitative estimate of drug-likeness (QED) is 0.225. The monoisotopic (exact) mass is 504 g/mol. The van der Waals surface area contributed by atoms with Gasteiger partial charge in [0.05, 0.1) is 0 Å². The van der Waals surface area contributed by atoms with Crippen molar-refractivity contribution in [1.29, 1.82) is 0 Å². The minimum absolute atomic E-state index is 0. The molecular formula is C32H30Zr. The van der Waals surface area contributed by atoms with Gasteiger partial charge in [0.25, 0.3) is 0 Å². The van der Waals surface area contributed by atoms with Crippen molar-refractivity contribution in [3.8, 4) is 22.3 Å². The van der Waals surface area contributed by atoms with Gasteiger partial charge in [0.15, 0.2) is 0 Å². The summed E-state index contributed by atoms with van der Waals surface area (Å²) in [6.07, 6.45) is 6.68. The van der Waals surface area contributed by atoms with Gasteiger partial charge >= 0.3 is 0 Å². The summed E-state index contributed by atoms with van der Waals surface area (Å²) >= 11 is 0. The topological polar surface area (TPSA) is 0 Å². The Balaban J connectivity index is 0.00000228. The van der Waals surface area contributed by atoms with Crippen LogP contribution in [0.4, 0.5) is 0 Å². The van der Waals surface area contributed by atoms with Gasteiger partial charge in [-0.2, -0.15) is 0 Å². The number of aryl methyl sites for hydroxylation is 2. The van der Waals surface area contributed by atoms with Gasteiger partial charge in [-0.1, -0.05) is 86.6 Å². The van der Waals surface area contributed by atoms with Crippen molar-refractivity contribution < 1.29 is 26.2 Å². The molecule has 0 fully saturated rings. The van der Waals surface area contributed by atoms with E-state index in [2.05, 4.69) is 86.6 Å². The van der Waals surface area contributed by atoms with Crippen LogP contribution in [0.3, 0.4) is 0 Å². The van der Waals surface area contributed by atoms with Crippen molar-refractivity contribution >= 4 is 0 Å². The third kappa shape index (κ3) is 3.70. The normalized spacial score (nSPS) is 12.5. The molecule has 0 radical (unpaired) electrons. The molecule has 4 aromatic rings. The van der Waals surface area contributed by atoms with Gasteiger partial charge in [-0.05, 0) is 105 Å². The average molecular weight is 506 g/mol. The van der Waals surface area contributed by atoms with E-state index in [1.54, 1.807) is 22.3 Å². The van der Waals surface area contributed by atoms with E-state index in [0.717, 1.165) is 38.5 Å². The Morgan fingerprint density at radius 2 is 0.939 bits per heavy atom. The summed E-state index contributed by atoms with van der Waals surface area (Å²) in [6.45, 7) is 4.61. The number of fused-ring (bicyclic) bond motifs is 6. The van der Waals surface area contributed by atoms with Gasteiger partial charge < -0.3 is 0 Å². The van der Waals surface area contributed by atoms with E-state index in [1.807, 2.05) is 0 Å². The summed E-state index contributed by atoms with van der Waals surface area (Å²) in [4.78, 5) is 0. The molecule has 0 N–H and O–H groups in total. The maximum atomic E-state index is 2.39. The maximum absolute atomic E-state index is 2.39. The molecule has 0 spiro atoms. The van der Waals surface area contributed by atoms with E-state index in [4.69, 9.17) is 0 Å². The minimum atomic E-state index is 0. The Morgan fingerprint density at radius 3 is 1.36 bits per heavy atom. The van der Waals surface area contributed by atoms with Gasteiger partial charge in [-0.25, -0.2) is 0 Å². The molecular weight excluding hydrogens is 476 g/mol. The SMILES string of the molecule is CCc1ccc2c(c1CCc1c(CC)ccc3c1Cc1ccccc1-3)Cc1ccccc1-2.[Zr]. The number of rotatable bonds is 5. The molecule has 0 saturated carbocycles. The average Bonchev–Trinajstić information content (AvgIpc) is 3.40. The molecule has 6 rings (SSSR count). The summed E-state index contributed by atoms with van der Waals surface area (Å²) in [6, 6.07) is 27.5. The minimum Gasteiger partial charge on any atom is -0.0619 e. The van der Waals surface area contributed by atoms with Crippen LogP contribution in [-0.2, 0) is 64.7 Å². The first-order valence-electron chi connectivity index (χ1n) is 12.2. The third-order valence-electron chi connectivity index (χ3n) is 7.79. The molecule has 0 heterocycles. The third-order valence-corrected chi connectivity index (χ3v) is 7.79. The maximum Gasteiger partial charge on any atom is 0 e. The van der Waals surface area contributed by atoms with Crippen molar-refractivity contribution in [2.75, 3.05) is 0 Å². The van der Waals surface area contributed by atoms with E-state index >= 15 is 0 Å². The molecule has 2 aliphatic carbocycles. The summed E-state index contributed by atoms with van der Waals surface area (Å²) in [5.41, 5.74) is 18.2. The molecule has 0 aliphatic heterocycles. The molecule has 2 aliphatic rings. The van der Waals surface area contributed by atoms with E-state index < -0.39 is 0 Å². The molecule has 0 atom stereocenters. The van der Waals surface area contributed by atoms with Crippen molar-refractivity contribution in [3.63, 3.8) is 0 Å². The van der Waals surface area contributed by atoms with Crippen LogP contribution in [-0.4, -0.2) is 0 Å². The number of hydrogen-bond donors (Lipinski definition) is 0. The van der Waals surface area contributed by atoms with Crippen LogP contribution in [0, 0.1) is 0 Å². The molecule has 0 amide bonds. The Kier molecular flexibility index (Phi) is 6.28. The zero-order valence-electron chi connectivity index (χ0n) is 19.7. The van der Waals surface area contributed by atoms with Crippen LogP contribution < -0.4 is 0 Å². The molecule has 4 aromatic carbocycles. The molecule has 0 nitrogen and oxygen atoms in total. The summed E-state index contributed by atoms with van der Waals surface area (Å²) in [5.74, 6) is 0. The van der Waals surface area contributed by atoms with Gasteiger partial charge in [0.2, 0.25) is 0 Å². The van der Waals surface area contributed by atoms with E-state index in [0.29, 0.717) is 0 Å². The zero-order valence-corrected chi connectivity index (χ0v) is 22.1. The van der Waals surface area contributed by atoms with Crippen molar-refractivity contribution in [1.82, 2.24) is 0 Å².